The van der Waals surface area contributed by atoms with Crippen LogP contribution in [0.5, 0.6) is 5.75 Å². The lowest BCUT2D eigenvalue weighted by Crippen LogP contribution is -2.00. The molecule has 0 bridgehead atoms. The molecule has 2 aromatic carbocycles. The number of alkyl halides is 1. The molecular formula is C14H10Cl2F2O. The first-order chi connectivity index (χ1) is 9.11. The van der Waals surface area contributed by atoms with Gasteiger partial charge in [-0.2, -0.15) is 0 Å². The molecule has 0 heterocycles. The minimum absolute atomic E-state index is 0.0380. The van der Waals surface area contributed by atoms with Gasteiger partial charge in [-0.05, 0) is 23.8 Å². The molecule has 0 aliphatic rings. The van der Waals surface area contributed by atoms with E-state index < -0.39 is 11.6 Å². The highest BCUT2D eigenvalue weighted by atomic mass is 35.5. The van der Waals surface area contributed by atoms with Crippen LogP contribution < -0.4 is 4.74 Å². The van der Waals surface area contributed by atoms with Gasteiger partial charge in [0.25, 0.3) is 0 Å². The van der Waals surface area contributed by atoms with Crippen LogP contribution in [0.4, 0.5) is 8.78 Å². The molecule has 0 saturated heterocycles. The fourth-order valence-corrected chi connectivity index (χ4v) is 1.93. The van der Waals surface area contributed by atoms with Crippen molar-refractivity contribution in [1.82, 2.24) is 0 Å². The number of benzene rings is 2. The van der Waals surface area contributed by atoms with Gasteiger partial charge < -0.3 is 4.74 Å². The lowest BCUT2D eigenvalue weighted by atomic mass is 10.2. The fraction of sp³-hybridized carbons (Fsp3) is 0.143. The molecule has 0 unspecified atom stereocenters. The van der Waals surface area contributed by atoms with Gasteiger partial charge in [-0.15, -0.1) is 11.6 Å². The molecule has 100 valence electrons. The molecule has 0 spiro atoms. The van der Waals surface area contributed by atoms with E-state index in [1.807, 2.05) is 0 Å². The van der Waals surface area contributed by atoms with Crippen LogP contribution in [0, 0.1) is 11.6 Å². The van der Waals surface area contributed by atoms with Gasteiger partial charge in [0.15, 0.2) is 11.6 Å². The van der Waals surface area contributed by atoms with Crippen LogP contribution >= 0.6 is 23.2 Å². The Kier molecular flexibility index (Phi) is 4.61. The van der Waals surface area contributed by atoms with Gasteiger partial charge in [-0.1, -0.05) is 29.8 Å². The third-order valence-electron chi connectivity index (χ3n) is 2.56. The van der Waals surface area contributed by atoms with E-state index in [1.165, 1.54) is 18.2 Å². The van der Waals surface area contributed by atoms with Crippen molar-refractivity contribution in [3.63, 3.8) is 0 Å². The highest BCUT2D eigenvalue weighted by Crippen LogP contribution is 2.25. The molecule has 2 aromatic rings. The van der Waals surface area contributed by atoms with Crippen molar-refractivity contribution in [3.8, 4) is 5.75 Å². The van der Waals surface area contributed by atoms with Crippen molar-refractivity contribution in [2.75, 3.05) is 0 Å². The minimum Gasteiger partial charge on any atom is -0.485 e. The smallest absolute Gasteiger partial charge is 0.165 e. The Morgan fingerprint density at radius 1 is 1.05 bits per heavy atom. The summed E-state index contributed by atoms with van der Waals surface area (Å²) in [7, 11) is 0. The van der Waals surface area contributed by atoms with E-state index in [0.717, 1.165) is 0 Å². The Bertz CT molecular complexity index is 588. The number of hydrogen-bond donors (Lipinski definition) is 0. The molecular weight excluding hydrogens is 293 g/mol. The Morgan fingerprint density at radius 2 is 1.84 bits per heavy atom. The number of hydrogen-bond acceptors (Lipinski definition) is 1. The Labute approximate surface area is 119 Å². The summed E-state index contributed by atoms with van der Waals surface area (Å²) in [5.74, 6) is -0.795. The van der Waals surface area contributed by atoms with E-state index in [1.54, 1.807) is 18.2 Å². The Hall–Kier alpha value is -1.32. The normalized spacial score (nSPS) is 10.5. The number of ether oxygens (including phenoxy) is 1. The molecule has 0 aliphatic heterocycles. The van der Waals surface area contributed by atoms with Crippen molar-refractivity contribution < 1.29 is 13.5 Å². The quantitative estimate of drug-likeness (QED) is 0.727. The second-order valence-electron chi connectivity index (χ2n) is 3.90. The first kappa shape index (κ1) is 14.1. The maximum atomic E-state index is 13.6. The highest BCUT2D eigenvalue weighted by molar-refractivity contribution is 6.30. The summed E-state index contributed by atoms with van der Waals surface area (Å²) in [5, 5.41) is 0.0380. The van der Waals surface area contributed by atoms with Crippen molar-refractivity contribution in [3.05, 3.63) is 64.2 Å². The lowest BCUT2D eigenvalue weighted by molar-refractivity contribution is 0.287. The number of rotatable bonds is 4. The topological polar surface area (TPSA) is 9.23 Å². The highest BCUT2D eigenvalue weighted by Gasteiger charge is 2.10. The maximum Gasteiger partial charge on any atom is 0.165 e. The molecule has 0 N–H and O–H groups in total. The van der Waals surface area contributed by atoms with E-state index in [-0.39, 0.29) is 23.3 Å². The predicted octanol–water partition coefficient (Wildman–Crippen LogP) is 4.94. The SMILES string of the molecule is Fc1cc(COc2c(F)cccc2CCl)ccc1Cl. The van der Waals surface area contributed by atoms with E-state index in [4.69, 9.17) is 27.9 Å². The summed E-state index contributed by atoms with van der Waals surface area (Å²) in [6.07, 6.45) is 0. The predicted molar refractivity (Wildman–Crippen MR) is 71.7 cm³/mol. The Balaban J connectivity index is 2.16. The van der Waals surface area contributed by atoms with E-state index in [9.17, 15) is 8.78 Å². The second-order valence-corrected chi connectivity index (χ2v) is 4.57. The van der Waals surface area contributed by atoms with Crippen LogP contribution in [0.2, 0.25) is 5.02 Å². The van der Waals surface area contributed by atoms with E-state index in [0.29, 0.717) is 11.1 Å². The van der Waals surface area contributed by atoms with Gasteiger partial charge in [0.1, 0.15) is 12.4 Å². The molecule has 0 amide bonds. The first-order valence-corrected chi connectivity index (χ1v) is 6.43. The van der Waals surface area contributed by atoms with Gasteiger partial charge in [0.05, 0.1) is 10.9 Å². The zero-order valence-electron chi connectivity index (χ0n) is 9.80. The Morgan fingerprint density at radius 3 is 2.53 bits per heavy atom. The van der Waals surface area contributed by atoms with Crippen molar-refractivity contribution in [2.45, 2.75) is 12.5 Å². The summed E-state index contributed by atoms with van der Waals surface area (Å²) in [6.45, 7) is 0.0406. The number of halogens is 4. The zero-order valence-corrected chi connectivity index (χ0v) is 11.3. The van der Waals surface area contributed by atoms with Crippen molar-refractivity contribution >= 4 is 23.2 Å². The van der Waals surface area contributed by atoms with Gasteiger partial charge in [-0.25, -0.2) is 8.78 Å². The number of para-hydroxylation sites is 1. The molecule has 0 atom stereocenters. The standard InChI is InChI=1S/C14H10Cl2F2O/c15-7-10-2-1-3-12(17)14(10)19-8-9-4-5-11(16)13(18)6-9/h1-6H,7-8H2. The van der Waals surface area contributed by atoms with Gasteiger partial charge >= 0.3 is 0 Å². The van der Waals surface area contributed by atoms with Crippen LogP contribution in [0.15, 0.2) is 36.4 Å². The summed E-state index contributed by atoms with van der Waals surface area (Å²) < 4.78 is 32.2. The van der Waals surface area contributed by atoms with Crippen LogP contribution in [0.1, 0.15) is 11.1 Å². The molecule has 0 radical (unpaired) electrons. The minimum atomic E-state index is -0.533. The van der Waals surface area contributed by atoms with Crippen LogP contribution in [0.3, 0.4) is 0 Å². The summed E-state index contributed by atoms with van der Waals surface area (Å²) >= 11 is 11.3. The molecule has 0 aromatic heterocycles. The van der Waals surface area contributed by atoms with Crippen LogP contribution in [-0.2, 0) is 12.5 Å². The maximum absolute atomic E-state index is 13.6. The lowest BCUT2D eigenvalue weighted by Gasteiger charge is -2.11. The summed E-state index contributed by atoms with van der Waals surface area (Å²) in [6, 6.07) is 8.82. The summed E-state index contributed by atoms with van der Waals surface area (Å²) in [5.41, 5.74) is 1.11. The molecule has 0 saturated carbocycles. The van der Waals surface area contributed by atoms with E-state index >= 15 is 0 Å². The molecule has 1 nitrogen and oxygen atoms in total. The largest absolute Gasteiger partial charge is 0.485 e. The van der Waals surface area contributed by atoms with E-state index in [2.05, 4.69) is 0 Å². The molecule has 2 rings (SSSR count). The molecule has 19 heavy (non-hydrogen) atoms. The van der Waals surface area contributed by atoms with Gasteiger partial charge in [-0.3, -0.25) is 0 Å². The average Bonchev–Trinajstić information content (AvgIpc) is 2.41. The van der Waals surface area contributed by atoms with Crippen molar-refractivity contribution in [1.29, 1.82) is 0 Å². The van der Waals surface area contributed by atoms with Gasteiger partial charge in [0, 0.05) is 5.56 Å². The monoisotopic (exact) mass is 302 g/mol. The van der Waals surface area contributed by atoms with Crippen molar-refractivity contribution in [2.24, 2.45) is 0 Å². The fourth-order valence-electron chi connectivity index (χ4n) is 1.61. The summed E-state index contributed by atoms with van der Waals surface area (Å²) in [4.78, 5) is 0. The molecule has 0 aliphatic carbocycles. The third-order valence-corrected chi connectivity index (χ3v) is 3.15. The van der Waals surface area contributed by atoms with Crippen LogP contribution in [-0.4, -0.2) is 0 Å². The average molecular weight is 303 g/mol. The van der Waals surface area contributed by atoms with Crippen LogP contribution in [0.25, 0.3) is 0 Å². The first-order valence-electron chi connectivity index (χ1n) is 5.52. The zero-order chi connectivity index (χ0) is 13.8. The molecule has 5 heteroatoms. The van der Waals surface area contributed by atoms with Gasteiger partial charge in [0.2, 0.25) is 0 Å². The third kappa shape index (κ3) is 3.37. The second kappa shape index (κ2) is 6.22. The molecule has 0 fully saturated rings.